The Balaban J connectivity index is 2.92. The molecule has 14 heavy (non-hydrogen) atoms. The molecule has 0 aliphatic carbocycles. The van der Waals surface area contributed by atoms with E-state index >= 15 is 0 Å². The maximum atomic E-state index is 9.05. The molecule has 0 aliphatic rings. The van der Waals surface area contributed by atoms with E-state index in [1.54, 1.807) is 18.3 Å². The summed E-state index contributed by atoms with van der Waals surface area (Å²) in [6, 6.07) is 5.50. The number of aliphatic hydroxyl groups excluding tert-OH is 1. The summed E-state index contributed by atoms with van der Waals surface area (Å²) < 4.78 is 0. The quantitative estimate of drug-likeness (QED) is 0.751. The van der Waals surface area contributed by atoms with Gasteiger partial charge in [0.25, 0.3) is 0 Å². The summed E-state index contributed by atoms with van der Waals surface area (Å²) in [4.78, 5) is 3.91. The number of hydrogen-bond acceptors (Lipinski definition) is 4. The number of anilines is 1. The van der Waals surface area contributed by atoms with Gasteiger partial charge in [0.2, 0.25) is 0 Å². The molecule has 0 amide bonds. The molecule has 74 valence electrons. The van der Waals surface area contributed by atoms with Crippen LogP contribution in [0.5, 0.6) is 0 Å². The predicted molar refractivity (Wildman–Crippen MR) is 53.7 cm³/mol. The monoisotopic (exact) mass is 191 g/mol. The summed E-state index contributed by atoms with van der Waals surface area (Å²) in [7, 11) is 0. The molecule has 2 N–H and O–H groups in total. The number of nitrogens with one attached hydrogen (secondary N) is 1. The average molecular weight is 191 g/mol. The first kappa shape index (κ1) is 10.5. The van der Waals surface area contributed by atoms with Gasteiger partial charge in [-0.05, 0) is 26.0 Å². The second kappa shape index (κ2) is 4.07. The van der Waals surface area contributed by atoms with E-state index in [1.807, 2.05) is 19.9 Å². The van der Waals surface area contributed by atoms with Crippen molar-refractivity contribution in [3.8, 4) is 6.07 Å². The number of hydrogen-bond donors (Lipinski definition) is 2. The van der Waals surface area contributed by atoms with Crippen molar-refractivity contribution >= 4 is 5.69 Å². The molecule has 0 aliphatic heterocycles. The normalized spacial score (nSPS) is 10.7. The molecular weight excluding hydrogens is 178 g/mol. The molecular formula is C10H13N3O. The predicted octanol–water partition coefficient (Wildman–Crippen LogP) is 1.14. The van der Waals surface area contributed by atoms with Crippen molar-refractivity contribution in [2.75, 3.05) is 11.9 Å². The molecule has 1 aromatic heterocycles. The van der Waals surface area contributed by atoms with Crippen molar-refractivity contribution in [1.29, 1.82) is 5.26 Å². The fourth-order valence-corrected chi connectivity index (χ4v) is 0.999. The van der Waals surface area contributed by atoms with E-state index in [0.717, 1.165) is 0 Å². The zero-order valence-corrected chi connectivity index (χ0v) is 8.28. The first-order valence-corrected chi connectivity index (χ1v) is 4.33. The number of nitrogens with zero attached hydrogens (tertiary/aromatic N) is 2. The lowest BCUT2D eigenvalue weighted by Gasteiger charge is -2.24. The first-order chi connectivity index (χ1) is 6.59. The maximum Gasteiger partial charge on any atom is 0.163 e. The highest BCUT2D eigenvalue weighted by molar-refractivity contribution is 5.54. The van der Waals surface area contributed by atoms with Gasteiger partial charge in [0.15, 0.2) is 5.69 Å². The van der Waals surface area contributed by atoms with Gasteiger partial charge in [-0.3, -0.25) is 0 Å². The van der Waals surface area contributed by atoms with Crippen molar-refractivity contribution < 1.29 is 5.11 Å². The van der Waals surface area contributed by atoms with Crippen LogP contribution in [0.2, 0.25) is 0 Å². The lowest BCUT2D eigenvalue weighted by Crippen LogP contribution is -2.35. The Morgan fingerprint density at radius 3 is 2.93 bits per heavy atom. The minimum atomic E-state index is -0.450. The van der Waals surface area contributed by atoms with Gasteiger partial charge in [-0.15, -0.1) is 0 Å². The lowest BCUT2D eigenvalue weighted by atomic mass is 10.1. The minimum Gasteiger partial charge on any atom is -0.394 e. The SMILES string of the molecule is CC(C)(CO)Nc1cccnc1C#N. The van der Waals surface area contributed by atoms with Gasteiger partial charge in [-0.2, -0.15) is 5.26 Å². The van der Waals surface area contributed by atoms with E-state index in [9.17, 15) is 0 Å². The highest BCUT2D eigenvalue weighted by Gasteiger charge is 2.17. The van der Waals surface area contributed by atoms with Gasteiger partial charge < -0.3 is 10.4 Å². The van der Waals surface area contributed by atoms with Crippen LogP contribution >= 0.6 is 0 Å². The Hall–Kier alpha value is -1.60. The van der Waals surface area contributed by atoms with Crippen LogP contribution < -0.4 is 5.32 Å². The van der Waals surface area contributed by atoms with Gasteiger partial charge in [0.05, 0.1) is 17.8 Å². The Labute approximate surface area is 83.2 Å². The van der Waals surface area contributed by atoms with Crippen LogP contribution in [0.3, 0.4) is 0 Å². The summed E-state index contributed by atoms with van der Waals surface area (Å²) >= 11 is 0. The molecule has 4 heteroatoms. The zero-order chi connectivity index (χ0) is 10.6. The fraction of sp³-hybridized carbons (Fsp3) is 0.400. The van der Waals surface area contributed by atoms with Crippen LogP contribution in [0.1, 0.15) is 19.5 Å². The first-order valence-electron chi connectivity index (χ1n) is 4.33. The van der Waals surface area contributed by atoms with Gasteiger partial charge >= 0.3 is 0 Å². The maximum absolute atomic E-state index is 9.05. The molecule has 0 radical (unpaired) electrons. The smallest absolute Gasteiger partial charge is 0.163 e. The summed E-state index contributed by atoms with van der Waals surface area (Å²) in [6.45, 7) is 3.69. The standard InChI is InChI=1S/C10H13N3O/c1-10(2,7-14)13-8-4-3-5-12-9(8)6-11/h3-5,13-14H,7H2,1-2H3. The van der Waals surface area contributed by atoms with E-state index in [-0.39, 0.29) is 6.61 Å². The summed E-state index contributed by atoms with van der Waals surface area (Å²) in [5.41, 5.74) is 0.539. The highest BCUT2D eigenvalue weighted by Crippen LogP contribution is 2.16. The number of aromatic nitrogens is 1. The third-order valence-electron chi connectivity index (χ3n) is 1.78. The number of nitriles is 1. The van der Waals surface area contributed by atoms with Crippen LogP contribution in [-0.4, -0.2) is 22.2 Å². The van der Waals surface area contributed by atoms with E-state index in [0.29, 0.717) is 11.4 Å². The average Bonchev–Trinajstić information content (AvgIpc) is 2.18. The van der Waals surface area contributed by atoms with Crippen molar-refractivity contribution in [2.24, 2.45) is 0 Å². The van der Waals surface area contributed by atoms with Crippen molar-refractivity contribution in [2.45, 2.75) is 19.4 Å². The minimum absolute atomic E-state index is 0.00718. The third-order valence-corrected chi connectivity index (χ3v) is 1.78. The number of rotatable bonds is 3. The largest absolute Gasteiger partial charge is 0.394 e. The van der Waals surface area contributed by atoms with Gasteiger partial charge in [0, 0.05) is 6.20 Å². The van der Waals surface area contributed by atoms with E-state index in [1.165, 1.54) is 0 Å². The van der Waals surface area contributed by atoms with Gasteiger partial charge in [-0.25, -0.2) is 4.98 Å². The summed E-state index contributed by atoms with van der Waals surface area (Å²) in [5.74, 6) is 0. The number of pyridine rings is 1. The molecule has 4 nitrogen and oxygen atoms in total. The molecule has 1 aromatic rings. The van der Waals surface area contributed by atoms with Gasteiger partial charge in [-0.1, -0.05) is 0 Å². The van der Waals surface area contributed by atoms with Crippen molar-refractivity contribution in [3.05, 3.63) is 24.0 Å². The lowest BCUT2D eigenvalue weighted by molar-refractivity contribution is 0.234. The molecule has 1 heterocycles. The summed E-state index contributed by atoms with van der Waals surface area (Å²) in [6.07, 6.45) is 1.57. The van der Waals surface area contributed by atoms with E-state index < -0.39 is 5.54 Å². The Bertz CT molecular complexity index is 355. The van der Waals surface area contributed by atoms with Crippen LogP contribution in [-0.2, 0) is 0 Å². The molecule has 0 aromatic carbocycles. The molecule has 0 saturated heterocycles. The van der Waals surface area contributed by atoms with Crippen molar-refractivity contribution in [1.82, 2.24) is 4.98 Å². The van der Waals surface area contributed by atoms with Crippen LogP contribution in [0, 0.1) is 11.3 Å². The van der Waals surface area contributed by atoms with Crippen LogP contribution in [0.15, 0.2) is 18.3 Å². The highest BCUT2D eigenvalue weighted by atomic mass is 16.3. The van der Waals surface area contributed by atoms with E-state index in [4.69, 9.17) is 10.4 Å². The Morgan fingerprint density at radius 1 is 1.64 bits per heavy atom. The zero-order valence-electron chi connectivity index (χ0n) is 8.28. The molecule has 0 unspecified atom stereocenters. The summed E-state index contributed by atoms with van der Waals surface area (Å²) in [5, 5.41) is 20.9. The van der Waals surface area contributed by atoms with Crippen LogP contribution in [0.4, 0.5) is 5.69 Å². The third kappa shape index (κ3) is 2.44. The Kier molecular flexibility index (Phi) is 3.05. The van der Waals surface area contributed by atoms with Crippen molar-refractivity contribution in [3.63, 3.8) is 0 Å². The fourth-order valence-electron chi connectivity index (χ4n) is 0.999. The van der Waals surface area contributed by atoms with Gasteiger partial charge in [0.1, 0.15) is 6.07 Å². The molecule has 1 rings (SSSR count). The Morgan fingerprint density at radius 2 is 2.36 bits per heavy atom. The number of aliphatic hydroxyl groups is 1. The van der Waals surface area contributed by atoms with E-state index in [2.05, 4.69) is 10.3 Å². The second-order valence-corrected chi connectivity index (χ2v) is 3.68. The molecule has 0 bridgehead atoms. The molecule has 0 spiro atoms. The molecule has 0 saturated carbocycles. The van der Waals surface area contributed by atoms with Crippen LogP contribution in [0.25, 0.3) is 0 Å². The topological polar surface area (TPSA) is 68.9 Å². The molecule has 0 atom stereocenters. The second-order valence-electron chi connectivity index (χ2n) is 3.68. The molecule has 0 fully saturated rings.